The number of carbonyl (C=O) groups is 3. The fourth-order valence-corrected chi connectivity index (χ4v) is 6.27. The second kappa shape index (κ2) is 11.9. The van der Waals surface area contributed by atoms with Crippen molar-refractivity contribution in [3.05, 3.63) is 71.3 Å². The van der Waals surface area contributed by atoms with Crippen molar-refractivity contribution in [3.8, 4) is 0 Å². The fourth-order valence-electron chi connectivity index (χ4n) is 6.27. The molecule has 5 rings (SSSR count). The Hall–Kier alpha value is -3.48. The van der Waals surface area contributed by atoms with Crippen LogP contribution in [0, 0.1) is 11.8 Å². The Balaban J connectivity index is 1.27. The summed E-state index contributed by atoms with van der Waals surface area (Å²) in [4.78, 5) is 37.4. The number of hydrogen-bond donors (Lipinski definition) is 2. The Labute approximate surface area is 224 Å². The molecule has 0 radical (unpaired) electrons. The number of carbonyl (C=O) groups excluding carboxylic acids is 2. The molecule has 1 aliphatic heterocycles. The van der Waals surface area contributed by atoms with Gasteiger partial charge in [0, 0.05) is 18.9 Å². The first-order chi connectivity index (χ1) is 18.5. The molecule has 38 heavy (non-hydrogen) atoms. The van der Waals surface area contributed by atoms with Gasteiger partial charge in [0.1, 0.15) is 0 Å². The van der Waals surface area contributed by atoms with Crippen LogP contribution in [0.5, 0.6) is 0 Å². The second-order valence-electron chi connectivity index (χ2n) is 11.0. The van der Waals surface area contributed by atoms with Crippen LogP contribution in [0.15, 0.2) is 59.7 Å². The summed E-state index contributed by atoms with van der Waals surface area (Å²) in [6, 6.07) is 18.1. The molecule has 2 aromatic rings. The zero-order valence-electron chi connectivity index (χ0n) is 21.9. The summed E-state index contributed by atoms with van der Waals surface area (Å²) in [5, 5.41) is 18.8. The van der Waals surface area contributed by atoms with Crippen molar-refractivity contribution in [1.82, 2.24) is 10.3 Å². The molecule has 1 unspecified atom stereocenters. The third-order valence-electron chi connectivity index (χ3n) is 8.46. The molecule has 2 aromatic carbocycles. The third kappa shape index (κ3) is 6.14. The van der Waals surface area contributed by atoms with Gasteiger partial charge < -0.3 is 10.4 Å². The van der Waals surface area contributed by atoms with Crippen molar-refractivity contribution >= 4 is 23.5 Å². The Morgan fingerprint density at radius 3 is 2.26 bits per heavy atom. The topological polar surface area (TPSA) is 99.1 Å². The van der Waals surface area contributed by atoms with E-state index in [4.69, 9.17) is 0 Å². The average molecular weight is 516 g/mol. The number of carboxylic acid groups (broad SMARTS) is 1. The molecular weight excluding hydrogens is 478 g/mol. The van der Waals surface area contributed by atoms with E-state index in [1.54, 1.807) is 5.01 Å². The minimum absolute atomic E-state index is 0.0228. The highest BCUT2D eigenvalue weighted by Gasteiger charge is 2.34. The number of aliphatic carboxylic acids is 1. The molecule has 1 atom stereocenters. The van der Waals surface area contributed by atoms with Crippen LogP contribution in [0.25, 0.3) is 0 Å². The van der Waals surface area contributed by atoms with E-state index in [2.05, 4.69) is 10.4 Å². The number of benzene rings is 2. The molecule has 3 aliphatic rings. The summed E-state index contributed by atoms with van der Waals surface area (Å²) >= 11 is 0. The van der Waals surface area contributed by atoms with Gasteiger partial charge in [-0.2, -0.15) is 5.10 Å². The van der Waals surface area contributed by atoms with Crippen molar-refractivity contribution in [2.24, 2.45) is 16.9 Å². The van der Waals surface area contributed by atoms with E-state index in [-0.39, 0.29) is 29.7 Å². The molecule has 0 bridgehead atoms. The number of hydrazone groups is 1. The Morgan fingerprint density at radius 2 is 1.61 bits per heavy atom. The average Bonchev–Trinajstić information content (AvgIpc) is 3.46. The maximum absolute atomic E-state index is 13.5. The Bertz CT molecular complexity index is 1160. The van der Waals surface area contributed by atoms with Crippen molar-refractivity contribution < 1.29 is 19.5 Å². The lowest BCUT2D eigenvalue weighted by molar-refractivity contribution is -0.143. The maximum Gasteiger partial charge on any atom is 0.306 e. The zero-order valence-corrected chi connectivity index (χ0v) is 21.9. The van der Waals surface area contributed by atoms with Crippen LogP contribution in [0.2, 0.25) is 0 Å². The number of nitrogens with zero attached hydrogens (tertiary/aromatic N) is 2. The smallest absolute Gasteiger partial charge is 0.306 e. The van der Waals surface area contributed by atoms with Crippen LogP contribution in [0.4, 0.5) is 0 Å². The quantitative estimate of drug-likeness (QED) is 0.502. The van der Waals surface area contributed by atoms with E-state index >= 15 is 0 Å². The van der Waals surface area contributed by atoms with Crippen LogP contribution >= 0.6 is 0 Å². The number of carboxylic acids is 1. The van der Waals surface area contributed by atoms with Gasteiger partial charge in [0.05, 0.1) is 24.1 Å². The summed E-state index contributed by atoms with van der Waals surface area (Å²) in [5.74, 6) is -0.824. The van der Waals surface area contributed by atoms with Crippen molar-refractivity contribution in [2.45, 2.75) is 82.7 Å². The summed E-state index contributed by atoms with van der Waals surface area (Å²) in [6.45, 7) is 0.405. The lowest BCUT2D eigenvalue weighted by Gasteiger charge is -2.30. The number of hydrogen-bond acceptors (Lipinski definition) is 4. The molecule has 200 valence electrons. The van der Waals surface area contributed by atoms with Crippen LogP contribution in [-0.2, 0) is 20.9 Å². The third-order valence-corrected chi connectivity index (χ3v) is 8.46. The van der Waals surface area contributed by atoms with Crippen LogP contribution in [-0.4, -0.2) is 39.7 Å². The minimum Gasteiger partial charge on any atom is -0.481 e. The van der Waals surface area contributed by atoms with Gasteiger partial charge in [-0.3, -0.25) is 14.4 Å². The van der Waals surface area contributed by atoms with E-state index in [0.29, 0.717) is 51.0 Å². The molecule has 2 N–H and O–H groups in total. The standard InChI is InChI=1S/C31H37N3O4/c35-28-19-18-27(22-6-2-1-3-7-22)33-34(28)20-21-10-12-24(13-11-21)29(23-8-4-5-9-23)30(36)32-26-16-14-25(15-17-26)31(37)38/h1-3,6-7,10-13,23,25-26,29H,4-5,8-9,14-20H2,(H,32,36)(H,37,38). The second-order valence-corrected chi connectivity index (χ2v) is 11.0. The first-order valence-electron chi connectivity index (χ1n) is 14.0. The van der Waals surface area contributed by atoms with E-state index in [1.807, 2.05) is 54.6 Å². The molecule has 0 spiro atoms. The van der Waals surface area contributed by atoms with Crippen LogP contribution < -0.4 is 5.32 Å². The number of nitrogens with one attached hydrogen (secondary N) is 1. The molecule has 7 heteroatoms. The highest BCUT2D eigenvalue weighted by Crippen LogP contribution is 2.38. The molecule has 0 saturated heterocycles. The SMILES string of the molecule is O=C(O)C1CCC(NC(=O)C(c2ccc(CN3N=C(c4ccccc4)CCC3=O)cc2)C2CCCC2)CC1. The van der Waals surface area contributed by atoms with E-state index in [9.17, 15) is 19.5 Å². The molecule has 7 nitrogen and oxygen atoms in total. The molecular formula is C31H37N3O4. The number of amides is 2. The van der Waals surface area contributed by atoms with Gasteiger partial charge in [0.2, 0.25) is 11.8 Å². The molecule has 0 aromatic heterocycles. The first-order valence-corrected chi connectivity index (χ1v) is 14.0. The highest BCUT2D eigenvalue weighted by atomic mass is 16.4. The molecule has 1 heterocycles. The van der Waals surface area contributed by atoms with Gasteiger partial charge in [-0.1, -0.05) is 67.4 Å². The largest absolute Gasteiger partial charge is 0.481 e. The predicted molar refractivity (Wildman–Crippen MR) is 145 cm³/mol. The van der Waals surface area contributed by atoms with Crippen LogP contribution in [0.3, 0.4) is 0 Å². The molecule has 2 aliphatic carbocycles. The molecule has 2 saturated carbocycles. The van der Waals surface area contributed by atoms with Gasteiger partial charge in [-0.05, 0) is 61.1 Å². The van der Waals surface area contributed by atoms with Gasteiger partial charge >= 0.3 is 5.97 Å². The van der Waals surface area contributed by atoms with E-state index in [1.165, 1.54) is 0 Å². The summed E-state index contributed by atoms with van der Waals surface area (Å²) in [6.07, 6.45) is 8.15. The number of rotatable bonds is 8. The normalized spacial score (nSPS) is 23.1. The van der Waals surface area contributed by atoms with Gasteiger partial charge in [-0.15, -0.1) is 0 Å². The van der Waals surface area contributed by atoms with Crippen LogP contribution in [0.1, 0.15) is 86.8 Å². The lowest BCUT2D eigenvalue weighted by Crippen LogP contribution is -2.42. The van der Waals surface area contributed by atoms with Gasteiger partial charge in [0.25, 0.3) is 0 Å². The molecule has 2 amide bonds. The maximum atomic E-state index is 13.5. The fraction of sp³-hybridized carbons (Fsp3) is 0.484. The van der Waals surface area contributed by atoms with E-state index in [0.717, 1.165) is 48.1 Å². The monoisotopic (exact) mass is 515 g/mol. The van der Waals surface area contributed by atoms with Gasteiger partial charge in [0.15, 0.2) is 0 Å². The van der Waals surface area contributed by atoms with Crippen molar-refractivity contribution in [1.29, 1.82) is 0 Å². The minimum atomic E-state index is -0.730. The summed E-state index contributed by atoms with van der Waals surface area (Å²) < 4.78 is 0. The van der Waals surface area contributed by atoms with Crippen molar-refractivity contribution in [2.75, 3.05) is 0 Å². The summed E-state index contributed by atoms with van der Waals surface area (Å²) in [5.41, 5.74) is 3.97. The lowest BCUT2D eigenvalue weighted by atomic mass is 9.82. The first kappa shape index (κ1) is 26.1. The summed E-state index contributed by atoms with van der Waals surface area (Å²) in [7, 11) is 0. The predicted octanol–water partition coefficient (Wildman–Crippen LogP) is 5.25. The van der Waals surface area contributed by atoms with E-state index < -0.39 is 5.97 Å². The highest BCUT2D eigenvalue weighted by molar-refractivity contribution is 6.04. The van der Waals surface area contributed by atoms with Gasteiger partial charge in [-0.25, -0.2) is 5.01 Å². The Kier molecular flexibility index (Phi) is 8.20. The Morgan fingerprint density at radius 1 is 0.921 bits per heavy atom. The molecule has 2 fully saturated rings. The van der Waals surface area contributed by atoms with Crippen molar-refractivity contribution in [3.63, 3.8) is 0 Å². The zero-order chi connectivity index (χ0) is 26.5.